The topological polar surface area (TPSA) is 97.4 Å². The molecule has 8 nitrogen and oxygen atoms in total. The summed E-state index contributed by atoms with van der Waals surface area (Å²) in [5, 5.41) is 0. The van der Waals surface area contributed by atoms with E-state index < -0.39 is 42.5 Å². The highest BCUT2D eigenvalue weighted by molar-refractivity contribution is 5.92. The predicted octanol–water partition coefficient (Wildman–Crippen LogP) is 4.59. The molecular weight excluding hydrogens is 488 g/mol. The summed E-state index contributed by atoms with van der Waals surface area (Å²) >= 11 is 0. The van der Waals surface area contributed by atoms with Gasteiger partial charge in [0.15, 0.2) is 18.5 Å². The minimum atomic E-state index is -1.11. The second-order valence-electron chi connectivity index (χ2n) is 9.06. The number of rotatable bonds is 8. The van der Waals surface area contributed by atoms with E-state index in [1.54, 1.807) is 75.4 Å². The average molecular weight is 519 g/mol. The number of hydrogen-bond acceptors (Lipinski definition) is 8. The van der Waals surface area contributed by atoms with Crippen molar-refractivity contribution in [3.63, 3.8) is 0 Å². The maximum absolute atomic E-state index is 13.2. The smallest absolute Gasteiger partial charge is 0.338 e. The van der Waals surface area contributed by atoms with Gasteiger partial charge in [-0.25, -0.2) is 14.4 Å². The molecule has 3 aromatic carbocycles. The third-order valence-corrected chi connectivity index (χ3v) is 6.46. The number of aryl methyl sites for hydroxylation is 3. The van der Waals surface area contributed by atoms with Crippen molar-refractivity contribution < 1.29 is 38.1 Å². The monoisotopic (exact) mass is 518 g/mol. The summed E-state index contributed by atoms with van der Waals surface area (Å²) in [6.45, 7) is 5.13. The molecule has 0 bridgehead atoms. The van der Waals surface area contributed by atoms with E-state index in [2.05, 4.69) is 0 Å². The van der Waals surface area contributed by atoms with Crippen LogP contribution < -0.4 is 0 Å². The number of methoxy groups -OCH3 is 1. The first kappa shape index (κ1) is 27.0. The molecule has 1 fully saturated rings. The van der Waals surface area contributed by atoms with Crippen molar-refractivity contribution in [2.75, 3.05) is 13.7 Å². The SMILES string of the molecule is COC1O[C@@H](COC(=O)c2ccccc2C)[C@H](OC(=O)c2ccccc2C)[C@H]1OC(=O)c1ccccc1C. The maximum Gasteiger partial charge on any atom is 0.338 e. The first-order valence-electron chi connectivity index (χ1n) is 12.2. The Bertz CT molecular complexity index is 1320. The Hall–Kier alpha value is -4.01. The fraction of sp³-hybridized carbons (Fsp3) is 0.300. The van der Waals surface area contributed by atoms with Crippen LogP contribution in [0.5, 0.6) is 0 Å². The molecule has 1 unspecified atom stereocenters. The number of carbonyl (C=O) groups excluding carboxylic acids is 3. The van der Waals surface area contributed by atoms with Crippen LogP contribution in [0.15, 0.2) is 72.8 Å². The lowest BCUT2D eigenvalue weighted by molar-refractivity contribution is -0.155. The lowest BCUT2D eigenvalue weighted by Crippen LogP contribution is -2.42. The van der Waals surface area contributed by atoms with Gasteiger partial charge in [-0.2, -0.15) is 0 Å². The molecule has 0 aliphatic carbocycles. The molecule has 8 heteroatoms. The van der Waals surface area contributed by atoms with Gasteiger partial charge in [0.05, 0.1) is 16.7 Å². The van der Waals surface area contributed by atoms with Crippen LogP contribution in [0.2, 0.25) is 0 Å². The van der Waals surface area contributed by atoms with Gasteiger partial charge >= 0.3 is 17.9 Å². The number of hydrogen-bond donors (Lipinski definition) is 0. The third kappa shape index (κ3) is 5.93. The molecule has 1 aliphatic rings. The molecule has 198 valence electrons. The van der Waals surface area contributed by atoms with Gasteiger partial charge in [0.2, 0.25) is 0 Å². The molecule has 1 saturated heterocycles. The molecule has 0 N–H and O–H groups in total. The first-order chi connectivity index (χ1) is 18.3. The highest BCUT2D eigenvalue weighted by atomic mass is 16.7. The fourth-order valence-corrected chi connectivity index (χ4v) is 4.30. The van der Waals surface area contributed by atoms with Crippen molar-refractivity contribution in [2.45, 2.75) is 45.4 Å². The van der Waals surface area contributed by atoms with Gasteiger partial charge in [-0.1, -0.05) is 54.6 Å². The zero-order chi connectivity index (χ0) is 27.2. The van der Waals surface area contributed by atoms with Crippen molar-refractivity contribution in [3.8, 4) is 0 Å². The lowest BCUT2D eigenvalue weighted by atomic mass is 10.1. The van der Waals surface area contributed by atoms with Gasteiger partial charge in [-0.05, 0) is 55.7 Å². The number of esters is 3. The highest BCUT2D eigenvalue weighted by Gasteiger charge is 2.51. The highest BCUT2D eigenvalue weighted by Crippen LogP contribution is 2.30. The van der Waals surface area contributed by atoms with E-state index >= 15 is 0 Å². The molecule has 4 rings (SSSR count). The Kier molecular flexibility index (Phi) is 8.55. The van der Waals surface area contributed by atoms with Crippen LogP contribution in [0.25, 0.3) is 0 Å². The van der Waals surface area contributed by atoms with Crippen LogP contribution >= 0.6 is 0 Å². The number of carbonyl (C=O) groups is 3. The standard InChI is InChI=1S/C30H30O8/c1-18-11-5-8-14-21(18)27(31)35-17-24-25(37-28(32)22-15-9-6-12-19(22)2)26(30(34-4)36-24)38-29(33)23-16-10-7-13-20(23)3/h5-16,24-26,30H,17H2,1-4H3/t24-,25-,26+,30?/m0/s1. The molecule has 0 radical (unpaired) electrons. The zero-order valence-electron chi connectivity index (χ0n) is 21.7. The maximum atomic E-state index is 13.2. The van der Waals surface area contributed by atoms with Crippen LogP contribution in [-0.4, -0.2) is 56.2 Å². The van der Waals surface area contributed by atoms with E-state index in [0.29, 0.717) is 16.7 Å². The summed E-state index contributed by atoms with van der Waals surface area (Å²) in [5.74, 6) is -1.79. The Morgan fingerprint density at radius 3 is 1.53 bits per heavy atom. The van der Waals surface area contributed by atoms with Crippen molar-refractivity contribution >= 4 is 17.9 Å². The normalized spacial score (nSPS) is 20.5. The van der Waals surface area contributed by atoms with Gasteiger partial charge in [0.25, 0.3) is 0 Å². The van der Waals surface area contributed by atoms with Gasteiger partial charge in [-0.3, -0.25) is 0 Å². The van der Waals surface area contributed by atoms with Gasteiger partial charge in [0, 0.05) is 7.11 Å². The number of benzene rings is 3. The third-order valence-electron chi connectivity index (χ3n) is 6.46. The van der Waals surface area contributed by atoms with Crippen molar-refractivity contribution in [1.82, 2.24) is 0 Å². The fourth-order valence-electron chi connectivity index (χ4n) is 4.30. The van der Waals surface area contributed by atoms with Crippen molar-refractivity contribution in [2.24, 2.45) is 0 Å². The van der Waals surface area contributed by atoms with Gasteiger partial charge in [0.1, 0.15) is 12.7 Å². The van der Waals surface area contributed by atoms with E-state index in [-0.39, 0.29) is 6.61 Å². The number of ether oxygens (including phenoxy) is 5. The van der Waals surface area contributed by atoms with Gasteiger partial charge < -0.3 is 23.7 Å². The molecule has 4 atom stereocenters. The Morgan fingerprint density at radius 1 is 0.658 bits per heavy atom. The molecule has 3 aromatic rings. The largest absolute Gasteiger partial charge is 0.459 e. The van der Waals surface area contributed by atoms with Crippen LogP contribution in [0.1, 0.15) is 47.8 Å². The summed E-state index contributed by atoms with van der Waals surface area (Å²) in [6.07, 6.45) is -4.22. The van der Waals surface area contributed by atoms with Gasteiger partial charge in [-0.15, -0.1) is 0 Å². The molecule has 38 heavy (non-hydrogen) atoms. The van der Waals surface area contributed by atoms with Crippen LogP contribution in [0.3, 0.4) is 0 Å². The van der Waals surface area contributed by atoms with Crippen LogP contribution in [-0.2, 0) is 23.7 Å². The van der Waals surface area contributed by atoms with Crippen molar-refractivity contribution in [3.05, 3.63) is 106 Å². The minimum absolute atomic E-state index is 0.253. The molecule has 0 amide bonds. The quantitative estimate of drug-likeness (QED) is 0.316. The first-order valence-corrected chi connectivity index (χ1v) is 12.2. The molecule has 1 heterocycles. The average Bonchev–Trinajstić information content (AvgIpc) is 3.23. The minimum Gasteiger partial charge on any atom is -0.459 e. The summed E-state index contributed by atoms with van der Waals surface area (Å²) < 4.78 is 28.6. The Balaban J connectivity index is 1.59. The van der Waals surface area contributed by atoms with E-state index in [4.69, 9.17) is 23.7 Å². The van der Waals surface area contributed by atoms with E-state index in [0.717, 1.165) is 16.7 Å². The van der Waals surface area contributed by atoms with E-state index in [1.807, 2.05) is 18.2 Å². The molecule has 1 aliphatic heterocycles. The van der Waals surface area contributed by atoms with E-state index in [9.17, 15) is 14.4 Å². The molecule has 0 aromatic heterocycles. The van der Waals surface area contributed by atoms with Crippen LogP contribution in [0, 0.1) is 20.8 Å². The summed E-state index contributed by atoms with van der Waals surface area (Å²) in [5.41, 5.74) is 3.32. The summed E-state index contributed by atoms with van der Waals surface area (Å²) in [6, 6.07) is 21.0. The Labute approximate surface area is 221 Å². The predicted molar refractivity (Wildman–Crippen MR) is 138 cm³/mol. The van der Waals surface area contributed by atoms with Crippen LogP contribution in [0.4, 0.5) is 0 Å². The lowest BCUT2D eigenvalue weighted by Gasteiger charge is -2.24. The summed E-state index contributed by atoms with van der Waals surface area (Å²) in [7, 11) is 1.39. The molecule has 0 spiro atoms. The zero-order valence-corrected chi connectivity index (χ0v) is 21.7. The Morgan fingerprint density at radius 2 is 1.08 bits per heavy atom. The molecular formula is C30H30O8. The second kappa shape index (κ2) is 12.0. The molecule has 0 saturated carbocycles. The second-order valence-corrected chi connectivity index (χ2v) is 9.06. The summed E-state index contributed by atoms with van der Waals surface area (Å²) in [4.78, 5) is 39.0. The van der Waals surface area contributed by atoms with E-state index in [1.165, 1.54) is 7.11 Å². The van der Waals surface area contributed by atoms with Crippen molar-refractivity contribution in [1.29, 1.82) is 0 Å².